The highest BCUT2D eigenvalue weighted by molar-refractivity contribution is 4.81. The first-order chi connectivity index (χ1) is 5.17. The van der Waals surface area contributed by atoms with Crippen LogP contribution in [0.15, 0.2) is 12.7 Å². The second kappa shape index (κ2) is 3.34. The van der Waals surface area contributed by atoms with Crippen LogP contribution in [0.2, 0.25) is 0 Å². The van der Waals surface area contributed by atoms with Crippen LogP contribution in [0, 0.1) is 0 Å². The summed E-state index contributed by atoms with van der Waals surface area (Å²) in [4.78, 5) is 1.63. The highest BCUT2D eigenvalue weighted by atomic mass is 16.5. The predicted octanol–water partition coefficient (Wildman–Crippen LogP) is 0.297. The van der Waals surface area contributed by atoms with E-state index in [1.54, 1.807) is 11.0 Å². The quantitative estimate of drug-likeness (QED) is 0.447. The van der Waals surface area contributed by atoms with Gasteiger partial charge in [-0.05, 0) is 12.8 Å². The van der Waals surface area contributed by atoms with E-state index in [1.165, 1.54) is 0 Å². The molecular weight excluding hydrogens is 142 g/mol. The molecule has 3 nitrogen and oxygen atoms in total. The smallest absolute Gasteiger partial charge is 0.225 e. The number of hydrogen-bond donors (Lipinski definition) is 2. The minimum Gasteiger partial charge on any atom is -0.353 e. The van der Waals surface area contributed by atoms with Crippen LogP contribution in [0.1, 0.15) is 19.3 Å². The Balaban J connectivity index is 2.52. The van der Waals surface area contributed by atoms with E-state index in [9.17, 15) is 10.2 Å². The third kappa shape index (κ3) is 2.02. The van der Waals surface area contributed by atoms with E-state index in [1.807, 2.05) is 0 Å². The molecule has 0 aromatic rings. The summed E-state index contributed by atoms with van der Waals surface area (Å²) in [5, 5.41) is 18.8. The first-order valence-corrected chi connectivity index (χ1v) is 3.97. The van der Waals surface area contributed by atoms with Gasteiger partial charge in [0.25, 0.3) is 0 Å². The highest BCUT2D eigenvalue weighted by Gasteiger charge is 2.33. The van der Waals surface area contributed by atoms with Crippen LogP contribution in [-0.4, -0.2) is 34.1 Å². The van der Waals surface area contributed by atoms with Crippen LogP contribution in [-0.2, 0) is 0 Å². The molecule has 1 saturated heterocycles. The van der Waals surface area contributed by atoms with E-state index in [0.717, 1.165) is 19.4 Å². The van der Waals surface area contributed by atoms with Gasteiger partial charge in [0.2, 0.25) is 5.91 Å². The number of rotatable bonds is 2. The van der Waals surface area contributed by atoms with E-state index in [4.69, 9.17) is 0 Å². The van der Waals surface area contributed by atoms with Crippen molar-refractivity contribution >= 4 is 0 Å². The summed E-state index contributed by atoms with van der Waals surface area (Å²) in [5.41, 5.74) is 0. The number of aliphatic hydroxyl groups is 2. The molecule has 0 spiro atoms. The fourth-order valence-electron chi connectivity index (χ4n) is 1.40. The van der Waals surface area contributed by atoms with Crippen molar-refractivity contribution in [3.8, 4) is 0 Å². The van der Waals surface area contributed by atoms with Crippen molar-refractivity contribution in [2.45, 2.75) is 25.2 Å². The van der Waals surface area contributed by atoms with Gasteiger partial charge in [0.05, 0.1) is 0 Å². The monoisotopic (exact) mass is 157 g/mol. The molecule has 2 N–H and O–H groups in total. The fourth-order valence-corrected chi connectivity index (χ4v) is 1.40. The zero-order valence-electron chi connectivity index (χ0n) is 6.66. The Bertz CT molecular complexity index is 145. The highest BCUT2D eigenvalue weighted by Crippen LogP contribution is 2.22. The Morgan fingerprint density at radius 2 is 2.18 bits per heavy atom. The van der Waals surface area contributed by atoms with Gasteiger partial charge >= 0.3 is 0 Å². The Labute approximate surface area is 66.9 Å². The zero-order valence-corrected chi connectivity index (χ0v) is 6.66. The second-order valence-corrected chi connectivity index (χ2v) is 2.97. The molecule has 0 radical (unpaired) electrons. The lowest BCUT2D eigenvalue weighted by Crippen LogP contribution is -2.51. The molecule has 0 unspecified atom stereocenters. The summed E-state index contributed by atoms with van der Waals surface area (Å²) in [7, 11) is 0. The molecule has 11 heavy (non-hydrogen) atoms. The van der Waals surface area contributed by atoms with Gasteiger partial charge in [-0.1, -0.05) is 6.08 Å². The van der Waals surface area contributed by atoms with Crippen LogP contribution < -0.4 is 0 Å². The van der Waals surface area contributed by atoms with Crippen molar-refractivity contribution in [2.75, 3.05) is 13.1 Å². The van der Waals surface area contributed by atoms with Crippen molar-refractivity contribution in [3.05, 3.63) is 12.7 Å². The van der Waals surface area contributed by atoms with Gasteiger partial charge in [-0.15, -0.1) is 6.58 Å². The Kier molecular flexibility index (Phi) is 2.65. The molecule has 1 fully saturated rings. The average molecular weight is 157 g/mol. The second-order valence-electron chi connectivity index (χ2n) is 2.97. The topological polar surface area (TPSA) is 43.7 Å². The third-order valence-electron chi connectivity index (χ3n) is 2.05. The number of piperidine rings is 1. The molecule has 1 aliphatic heterocycles. The molecule has 0 amide bonds. The minimum atomic E-state index is -1.59. The number of likely N-dealkylation sites (tertiary alicyclic amines) is 1. The maximum Gasteiger partial charge on any atom is 0.225 e. The van der Waals surface area contributed by atoms with Crippen LogP contribution >= 0.6 is 0 Å². The molecule has 64 valence electrons. The molecule has 0 atom stereocenters. The Hall–Kier alpha value is -0.380. The van der Waals surface area contributed by atoms with E-state index in [0.29, 0.717) is 13.0 Å². The molecule has 0 aliphatic carbocycles. The summed E-state index contributed by atoms with van der Waals surface area (Å²) in [6.07, 6.45) is 4.06. The normalized spacial score (nSPS) is 24.9. The van der Waals surface area contributed by atoms with Crippen molar-refractivity contribution in [3.63, 3.8) is 0 Å². The Morgan fingerprint density at radius 3 is 2.73 bits per heavy atom. The minimum absolute atomic E-state index is 0.445. The van der Waals surface area contributed by atoms with Crippen LogP contribution in [0.5, 0.6) is 0 Å². The molecule has 0 bridgehead atoms. The van der Waals surface area contributed by atoms with Gasteiger partial charge in [0.1, 0.15) is 0 Å². The van der Waals surface area contributed by atoms with Gasteiger partial charge in [0.15, 0.2) is 0 Å². The van der Waals surface area contributed by atoms with Gasteiger partial charge in [0, 0.05) is 19.5 Å². The number of hydrogen-bond acceptors (Lipinski definition) is 3. The fraction of sp³-hybridized carbons (Fsp3) is 0.750. The molecule has 1 rings (SSSR count). The summed E-state index contributed by atoms with van der Waals surface area (Å²) < 4.78 is 0. The SMILES string of the molecule is C=CCN1CCCCC1(O)O. The molecule has 0 aromatic carbocycles. The molecule has 0 saturated carbocycles. The summed E-state index contributed by atoms with van der Waals surface area (Å²) in [6.45, 7) is 4.85. The Morgan fingerprint density at radius 1 is 1.45 bits per heavy atom. The van der Waals surface area contributed by atoms with Crippen molar-refractivity contribution in [1.29, 1.82) is 0 Å². The maximum atomic E-state index is 9.40. The van der Waals surface area contributed by atoms with E-state index in [-0.39, 0.29) is 0 Å². The summed E-state index contributed by atoms with van der Waals surface area (Å²) in [5.74, 6) is -1.59. The lowest BCUT2D eigenvalue weighted by Gasteiger charge is -2.38. The largest absolute Gasteiger partial charge is 0.353 e. The number of nitrogens with zero attached hydrogens (tertiary/aromatic N) is 1. The van der Waals surface area contributed by atoms with Crippen molar-refractivity contribution in [1.82, 2.24) is 4.90 Å². The molecular formula is C8H15NO2. The molecule has 1 heterocycles. The summed E-state index contributed by atoms with van der Waals surface area (Å²) in [6, 6.07) is 0. The first kappa shape index (κ1) is 8.71. The average Bonchev–Trinajstić information content (AvgIpc) is 1.94. The van der Waals surface area contributed by atoms with E-state index >= 15 is 0 Å². The van der Waals surface area contributed by atoms with Gasteiger partial charge in [-0.25, -0.2) is 4.90 Å². The zero-order chi connectivity index (χ0) is 8.32. The van der Waals surface area contributed by atoms with E-state index in [2.05, 4.69) is 6.58 Å². The van der Waals surface area contributed by atoms with E-state index < -0.39 is 5.91 Å². The molecule has 0 aromatic heterocycles. The molecule has 1 aliphatic rings. The van der Waals surface area contributed by atoms with Crippen molar-refractivity contribution in [2.24, 2.45) is 0 Å². The van der Waals surface area contributed by atoms with Gasteiger partial charge in [-0.3, -0.25) is 0 Å². The maximum absolute atomic E-state index is 9.40. The molecule has 3 heteroatoms. The third-order valence-corrected chi connectivity index (χ3v) is 2.05. The lowest BCUT2D eigenvalue weighted by molar-refractivity contribution is -0.275. The van der Waals surface area contributed by atoms with Crippen molar-refractivity contribution < 1.29 is 10.2 Å². The summed E-state index contributed by atoms with van der Waals surface area (Å²) >= 11 is 0. The van der Waals surface area contributed by atoms with Crippen LogP contribution in [0.25, 0.3) is 0 Å². The standard InChI is InChI=1S/C8H15NO2/c1-2-6-9-7-4-3-5-8(9,10)11/h2,10-11H,1,3-7H2. The van der Waals surface area contributed by atoms with Gasteiger partial charge < -0.3 is 10.2 Å². The first-order valence-electron chi connectivity index (χ1n) is 3.97. The van der Waals surface area contributed by atoms with Gasteiger partial charge in [-0.2, -0.15) is 0 Å². The lowest BCUT2D eigenvalue weighted by atomic mass is 10.1. The van der Waals surface area contributed by atoms with Crippen LogP contribution in [0.3, 0.4) is 0 Å². The van der Waals surface area contributed by atoms with Crippen LogP contribution in [0.4, 0.5) is 0 Å². The predicted molar refractivity (Wildman–Crippen MR) is 42.8 cm³/mol.